The Bertz CT molecular complexity index is 561. The van der Waals surface area contributed by atoms with E-state index in [1.165, 1.54) is 0 Å². The zero-order valence-corrected chi connectivity index (χ0v) is 17.3. The Morgan fingerprint density at radius 1 is 1.14 bits per heavy atom. The number of carbonyl (C=O) groups excluding carboxylic acids is 4. The number of nitrogens with one attached hydrogen (secondary N) is 4. The first-order chi connectivity index (χ1) is 13.1. The Morgan fingerprint density at radius 2 is 1.82 bits per heavy atom. The molecule has 0 unspecified atom stereocenters. The predicted molar refractivity (Wildman–Crippen MR) is 106 cm³/mol. The maximum Gasteiger partial charge on any atom is 0.243 e. The van der Waals surface area contributed by atoms with Crippen molar-refractivity contribution in [2.24, 2.45) is 17.6 Å². The molecule has 1 saturated heterocycles. The predicted octanol–water partition coefficient (Wildman–Crippen LogP) is -0.598. The van der Waals surface area contributed by atoms with E-state index in [1.54, 1.807) is 0 Å². The second-order valence-electron chi connectivity index (χ2n) is 7.89. The molecule has 1 rings (SSSR count). The van der Waals surface area contributed by atoms with Crippen molar-refractivity contribution in [3.8, 4) is 0 Å². The van der Waals surface area contributed by atoms with E-state index < -0.39 is 29.8 Å². The number of rotatable bonds is 11. The first-order valence-electron chi connectivity index (χ1n) is 10.1. The summed E-state index contributed by atoms with van der Waals surface area (Å²) in [5.74, 6) is -1.65. The van der Waals surface area contributed by atoms with E-state index in [4.69, 9.17) is 5.73 Å². The van der Waals surface area contributed by atoms with Crippen molar-refractivity contribution in [2.75, 3.05) is 13.1 Å². The smallest absolute Gasteiger partial charge is 0.243 e. The molecule has 0 spiro atoms. The Hall–Kier alpha value is -2.16. The van der Waals surface area contributed by atoms with Gasteiger partial charge in [0.2, 0.25) is 23.6 Å². The summed E-state index contributed by atoms with van der Waals surface area (Å²) >= 11 is 0. The Labute approximate surface area is 166 Å². The second kappa shape index (κ2) is 11.6. The monoisotopic (exact) mass is 397 g/mol. The van der Waals surface area contributed by atoms with Crippen LogP contribution in [0.2, 0.25) is 0 Å². The average molecular weight is 398 g/mol. The van der Waals surface area contributed by atoms with Crippen molar-refractivity contribution in [1.29, 1.82) is 0 Å². The van der Waals surface area contributed by atoms with Gasteiger partial charge in [-0.25, -0.2) is 0 Å². The zero-order valence-electron chi connectivity index (χ0n) is 17.3. The van der Waals surface area contributed by atoms with Crippen molar-refractivity contribution in [2.45, 2.75) is 71.5 Å². The highest BCUT2D eigenvalue weighted by atomic mass is 16.2. The number of nitrogens with two attached hydrogens (primary N) is 1. The fourth-order valence-electron chi connectivity index (χ4n) is 3.13. The number of amides is 4. The third kappa shape index (κ3) is 7.84. The Kier molecular flexibility index (Phi) is 9.92. The van der Waals surface area contributed by atoms with Crippen molar-refractivity contribution in [1.82, 2.24) is 21.3 Å². The molecule has 1 aliphatic heterocycles. The first kappa shape index (κ1) is 23.9. The van der Waals surface area contributed by atoms with E-state index in [1.807, 2.05) is 27.7 Å². The highest BCUT2D eigenvalue weighted by Gasteiger charge is 2.28. The van der Waals surface area contributed by atoms with Gasteiger partial charge in [0.25, 0.3) is 0 Å². The maximum atomic E-state index is 12.5. The SMILES string of the molecule is CC[C@H](C)[C@H](NC(=O)CNC(=O)[C@H](CC(C)C)NC(=O)[C@@H]1CCCN1)C(N)=O. The molecule has 160 valence electrons. The summed E-state index contributed by atoms with van der Waals surface area (Å²) in [6.07, 6.45) is 2.81. The average Bonchev–Trinajstić information content (AvgIpc) is 3.17. The molecule has 1 heterocycles. The van der Waals surface area contributed by atoms with Gasteiger partial charge in [-0.1, -0.05) is 34.1 Å². The van der Waals surface area contributed by atoms with Gasteiger partial charge < -0.3 is 27.0 Å². The number of hydrogen-bond donors (Lipinski definition) is 5. The molecule has 0 aromatic rings. The normalized spacial score (nSPS) is 19.5. The van der Waals surface area contributed by atoms with Crippen LogP contribution in [0, 0.1) is 11.8 Å². The first-order valence-corrected chi connectivity index (χ1v) is 10.1. The van der Waals surface area contributed by atoms with Gasteiger partial charge in [-0.05, 0) is 37.6 Å². The van der Waals surface area contributed by atoms with Gasteiger partial charge in [-0.15, -0.1) is 0 Å². The molecule has 0 radical (unpaired) electrons. The minimum Gasteiger partial charge on any atom is -0.368 e. The minimum atomic E-state index is -0.783. The molecule has 1 fully saturated rings. The lowest BCUT2D eigenvalue weighted by Gasteiger charge is -2.23. The van der Waals surface area contributed by atoms with E-state index in [2.05, 4.69) is 21.3 Å². The fourth-order valence-corrected chi connectivity index (χ4v) is 3.13. The second-order valence-corrected chi connectivity index (χ2v) is 7.89. The van der Waals surface area contributed by atoms with Crippen LogP contribution in [0.5, 0.6) is 0 Å². The van der Waals surface area contributed by atoms with E-state index in [0.717, 1.165) is 19.4 Å². The summed E-state index contributed by atoms with van der Waals surface area (Å²) in [7, 11) is 0. The fraction of sp³-hybridized carbons (Fsp3) is 0.789. The van der Waals surface area contributed by atoms with Crippen molar-refractivity contribution >= 4 is 23.6 Å². The number of hydrogen-bond acceptors (Lipinski definition) is 5. The number of primary amides is 1. The zero-order chi connectivity index (χ0) is 21.3. The topological polar surface area (TPSA) is 142 Å². The molecule has 4 atom stereocenters. The molecular formula is C19H35N5O4. The summed E-state index contributed by atoms with van der Waals surface area (Å²) in [5, 5.41) is 11.0. The van der Waals surface area contributed by atoms with Crippen LogP contribution >= 0.6 is 0 Å². The molecule has 0 aromatic heterocycles. The van der Waals surface area contributed by atoms with Gasteiger partial charge in [-0.3, -0.25) is 19.2 Å². The largest absolute Gasteiger partial charge is 0.368 e. The molecule has 0 aliphatic carbocycles. The van der Waals surface area contributed by atoms with Crippen LogP contribution in [0.15, 0.2) is 0 Å². The molecule has 0 saturated carbocycles. The number of carbonyl (C=O) groups is 4. The van der Waals surface area contributed by atoms with Crippen molar-refractivity contribution in [3.63, 3.8) is 0 Å². The molecule has 0 aromatic carbocycles. The van der Waals surface area contributed by atoms with Crippen LogP contribution in [-0.4, -0.2) is 54.8 Å². The highest BCUT2D eigenvalue weighted by Crippen LogP contribution is 2.09. The molecule has 1 aliphatic rings. The van der Waals surface area contributed by atoms with E-state index in [0.29, 0.717) is 12.8 Å². The third-order valence-corrected chi connectivity index (χ3v) is 4.98. The summed E-state index contributed by atoms with van der Waals surface area (Å²) < 4.78 is 0. The van der Waals surface area contributed by atoms with Crippen LogP contribution in [0.3, 0.4) is 0 Å². The third-order valence-electron chi connectivity index (χ3n) is 4.98. The molecule has 28 heavy (non-hydrogen) atoms. The molecule has 6 N–H and O–H groups in total. The van der Waals surface area contributed by atoms with Crippen molar-refractivity contribution < 1.29 is 19.2 Å². The lowest BCUT2D eigenvalue weighted by Crippen LogP contribution is -2.54. The van der Waals surface area contributed by atoms with E-state index in [9.17, 15) is 19.2 Å². The van der Waals surface area contributed by atoms with Crippen LogP contribution in [-0.2, 0) is 19.2 Å². The van der Waals surface area contributed by atoms with Gasteiger partial charge in [0.1, 0.15) is 12.1 Å². The quantitative estimate of drug-likeness (QED) is 0.316. The van der Waals surface area contributed by atoms with Crippen LogP contribution < -0.4 is 27.0 Å². The Balaban J connectivity index is 2.60. The summed E-state index contributed by atoms with van der Waals surface area (Å²) in [6, 6.07) is -1.78. The van der Waals surface area contributed by atoms with Gasteiger partial charge in [0.15, 0.2) is 0 Å². The maximum absolute atomic E-state index is 12.5. The standard InChI is InChI=1S/C19H35N5O4/c1-5-12(4)16(17(20)26)24-15(25)10-22-18(27)14(9-11(2)3)23-19(28)13-7-6-8-21-13/h11-14,16,21H,5-10H2,1-4H3,(H2,20,26)(H,22,27)(H,23,28)(H,24,25)/t12-,13-,14-,16-/m0/s1. The van der Waals surface area contributed by atoms with Gasteiger partial charge >= 0.3 is 0 Å². The summed E-state index contributed by atoms with van der Waals surface area (Å²) in [5.41, 5.74) is 5.34. The van der Waals surface area contributed by atoms with E-state index >= 15 is 0 Å². The van der Waals surface area contributed by atoms with E-state index in [-0.39, 0.29) is 30.3 Å². The van der Waals surface area contributed by atoms with Gasteiger partial charge in [-0.2, -0.15) is 0 Å². The molecule has 0 bridgehead atoms. The molecular weight excluding hydrogens is 362 g/mol. The van der Waals surface area contributed by atoms with Gasteiger partial charge in [0.05, 0.1) is 12.6 Å². The molecule has 9 heteroatoms. The van der Waals surface area contributed by atoms with Crippen LogP contribution in [0.25, 0.3) is 0 Å². The highest BCUT2D eigenvalue weighted by molar-refractivity contribution is 5.93. The molecule has 4 amide bonds. The van der Waals surface area contributed by atoms with Crippen LogP contribution in [0.4, 0.5) is 0 Å². The minimum absolute atomic E-state index is 0.107. The van der Waals surface area contributed by atoms with Crippen molar-refractivity contribution in [3.05, 3.63) is 0 Å². The summed E-state index contributed by atoms with van der Waals surface area (Å²) in [6.45, 7) is 8.13. The lowest BCUT2D eigenvalue weighted by atomic mass is 9.98. The van der Waals surface area contributed by atoms with Gasteiger partial charge in [0, 0.05) is 0 Å². The molecule has 9 nitrogen and oxygen atoms in total. The lowest BCUT2D eigenvalue weighted by molar-refractivity contribution is -0.132. The van der Waals surface area contributed by atoms with Crippen LogP contribution in [0.1, 0.15) is 53.4 Å². The summed E-state index contributed by atoms with van der Waals surface area (Å²) in [4.78, 5) is 48.5. The Morgan fingerprint density at radius 3 is 2.32 bits per heavy atom.